The molecule has 1 unspecified atom stereocenters. The molecule has 2 aliphatic rings. The van der Waals surface area contributed by atoms with E-state index in [9.17, 15) is 10.5 Å². The van der Waals surface area contributed by atoms with Crippen molar-refractivity contribution in [3.05, 3.63) is 294 Å². The average molecular weight is 1180 g/mol. The zero-order valence-electron chi connectivity index (χ0n) is 49.2. The summed E-state index contributed by atoms with van der Waals surface area (Å²) in [7, 11) is 0. The predicted octanol–water partition coefficient (Wildman–Crippen LogP) is 16.5. The molecule has 1 spiro atoms. The molecule has 0 saturated heterocycles. The number of nitrogens with two attached hydrogens (primary N) is 4. The fourth-order valence-electron chi connectivity index (χ4n) is 11.1. The number of para-hydroxylation sites is 4. The van der Waals surface area contributed by atoms with Gasteiger partial charge in [0.05, 0.1) is 22.3 Å². The maximum absolute atomic E-state index is 17.1. The van der Waals surface area contributed by atoms with E-state index in [0.717, 1.165) is 24.1 Å². The maximum atomic E-state index is 17.1. The highest BCUT2D eigenvalue weighted by Crippen LogP contribution is 2.50. The molecule has 0 saturated carbocycles. The minimum atomic E-state index is -5.40. The highest BCUT2D eigenvalue weighted by Gasteiger charge is 2.46. The Kier molecular flexibility index (Phi) is 18.7. The molecule has 0 fully saturated rings. The third-order valence-corrected chi connectivity index (χ3v) is 14.8. The molecule has 444 valence electrons. The molecule has 1 atom stereocenters. The standard InChI is InChI=1S/C71H64F6N6O4/c1-41-29-43(3)62(44(4)30-41)64-56(80)33-49(39-78)58(84-50-21-13-9-14-22-50)35-69(37-60(86-52-25-17-11-18-26-52)55(34-57(64)81)70(72,73)74)36-59(85-51-23-15-10-16-24-51)54(40-79)47(7)67(82)65(63-45(5)31-42(2)32-46(63)6)68(83)48(8)66(71(75,76)77)61(38-69)87-53-27-19-12-20-28-53/h9-34,36-37H,35,38,80-83H2,1-8H3/b54-47-,55-34+,56-33-,58-49-,59-36-,60-37-,64-57+,66-61?,67-65-,68-48?. The smallest absolute Gasteiger partial charge is 0.420 e. The first-order valence-corrected chi connectivity index (χ1v) is 27.5. The summed E-state index contributed by atoms with van der Waals surface area (Å²) < 4.78 is 128. The van der Waals surface area contributed by atoms with Crippen molar-refractivity contribution in [3.8, 4) is 35.1 Å². The summed E-state index contributed by atoms with van der Waals surface area (Å²) in [5.41, 5.74) is 24.7. The van der Waals surface area contributed by atoms with E-state index in [-0.39, 0.29) is 68.0 Å². The van der Waals surface area contributed by atoms with Crippen LogP contribution in [0, 0.1) is 69.6 Å². The number of ether oxygens (including phenoxy) is 4. The number of alkyl halides is 6. The van der Waals surface area contributed by atoms with Gasteiger partial charge >= 0.3 is 12.4 Å². The van der Waals surface area contributed by atoms with Gasteiger partial charge in [0.1, 0.15) is 58.2 Å². The summed E-state index contributed by atoms with van der Waals surface area (Å²) in [4.78, 5) is 0. The lowest BCUT2D eigenvalue weighted by molar-refractivity contribution is -0.0928. The first-order valence-electron chi connectivity index (χ1n) is 27.5. The molecule has 0 heterocycles. The summed E-state index contributed by atoms with van der Waals surface area (Å²) in [6.45, 7) is 13.3. The zero-order valence-corrected chi connectivity index (χ0v) is 49.2. The number of aryl methyl sites for hydroxylation is 6. The molecule has 87 heavy (non-hydrogen) atoms. The van der Waals surface area contributed by atoms with Gasteiger partial charge in [-0.25, -0.2) is 0 Å². The molecular weight excluding hydrogens is 1110 g/mol. The van der Waals surface area contributed by atoms with E-state index in [1.807, 2.05) is 26.0 Å². The first kappa shape index (κ1) is 62.7. The van der Waals surface area contributed by atoms with Crippen LogP contribution in [0.1, 0.15) is 71.2 Å². The Morgan fingerprint density at radius 3 is 1.29 bits per heavy atom. The van der Waals surface area contributed by atoms with Crippen molar-refractivity contribution in [3.63, 3.8) is 0 Å². The van der Waals surface area contributed by atoms with Crippen LogP contribution in [0.15, 0.2) is 249 Å². The molecule has 6 aromatic carbocycles. The molecule has 0 radical (unpaired) electrons. The Bertz CT molecular complexity index is 4030. The van der Waals surface area contributed by atoms with Gasteiger partial charge in [-0.05, 0) is 173 Å². The summed E-state index contributed by atoms with van der Waals surface area (Å²) in [5.74, 6) is -2.80. The summed E-state index contributed by atoms with van der Waals surface area (Å²) >= 11 is 0. The molecule has 10 nitrogen and oxygen atoms in total. The molecule has 8 rings (SSSR count). The first-order chi connectivity index (χ1) is 41.2. The van der Waals surface area contributed by atoms with Crippen molar-refractivity contribution in [1.82, 2.24) is 0 Å². The Morgan fingerprint density at radius 2 is 0.862 bits per heavy atom. The lowest BCUT2D eigenvalue weighted by atomic mass is 9.75. The molecular formula is C71H64F6N6O4. The molecule has 6 aromatic rings. The Labute approximate surface area is 502 Å². The number of hydrogen-bond acceptors (Lipinski definition) is 10. The van der Waals surface area contributed by atoms with Crippen LogP contribution < -0.4 is 41.9 Å². The number of rotatable bonds is 10. The third kappa shape index (κ3) is 14.3. The SMILES string of the molecule is CC1=C(N)/C(c2c(C)cc(C)cc2C)=C(N)/C(C)=C(C#N)\C(Oc2ccccc2)=C\C2(/C=C(Oc3ccccc3)/C(C(F)(F)F)=C\C(N)=C(c3c(C)cc(C)cc3C)\C(N)=C\C(C#N)=C(\Oc3ccccc3)C2)CC(Oc2ccccc2)=C1C(F)(F)F. The molecule has 0 aromatic heterocycles. The Morgan fingerprint density at radius 1 is 0.460 bits per heavy atom. The molecule has 0 aliphatic heterocycles. The second kappa shape index (κ2) is 25.9. The van der Waals surface area contributed by atoms with Crippen molar-refractivity contribution >= 4 is 11.1 Å². The van der Waals surface area contributed by atoms with Gasteiger partial charge in [-0.3, -0.25) is 0 Å². The van der Waals surface area contributed by atoms with Gasteiger partial charge in [-0.1, -0.05) is 108 Å². The fourth-order valence-corrected chi connectivity index (χ4v) is 11.1. The molecule has 2 aliphatic carbocycles. The van der Waals surface area contributed by atoms with E-state index in [0.29, 0.717) is 39.5 Å². The third-order valence-electron chi connectivity index (χ3n) is 14.8. The van der Waals surface area contributed by atoms with E-state index in [1.54, 1.807) is 88.4 Å². The van der Waals surface area contributed by atoms with Crippen molar-refractivity contribution in [2.24, 2.45) is 28.3 Å². The van der Waals surface area contributed by atoms with E-state index in [4.69, 9.17) is 41.9 Å². The van der Waals surface area contributed by atoms with Gasteiger partial charge in [-0.2, -0.15) is 36.9 Å². The summed E-state index contributed by atoms with van der Waals surface area (Å²) in [6, 6.07) is 42.5. The number of benzene rings is 6. The second-order valence-electron chi connectivity index (χ2n) is 21.5. The van der Waals surface area contributed by atoms with E-state index >= 15 is 26.3 Å². The zero-order chi connectivity index (χ0) is 63.1. The van der Waals surface area contributed by atoms with Gasteiger partial charge in [0.2, 0.25) is 0 Å². The Hall–Kier alpha value is -10.3. The number of nitriles is 2. The molecule has 0 bridgehead atoms. The average Bonchev–Trinajstić information content (AvgIpc) is 1.14. The van der Waals surface area contributed by atoms with Crippen LogP contribution in [-0.2, 0) is 0 Å². The van der Waals surface area contributed by atoms with Crippen LogP contribution >= 0.6 is 0 Å². The van der Waals surface area contributed by atoms with Crippen molar-refractivity contribution in [1.29, 1.82) is 10.5 Å². The lowest BCUT2D eigenvalue weighted by Gasteiger charge is -2.34. The van der Waals surface area contributed by atoms with Gasteiger partial charge in [-0.15, -0.1) is 0 Å². The van der Waals surface area contributed by atoms with Gasteiger partial charge in [0.25, 0.3) is 0 Å². The topological polar surface area (TPSA) is 189 Å². The van der Waals surface area contributed by atoms with Gasteiger partial charge in [0.15, 0.2) is 0 Å². The highest BCUT2D eigenvalue weighted by atomic mass is 19.4. The summed E-state index contributed by atoms with van der Waals surface area (Å²) in [6.07, 6.45) is -8.72. The van der Waals surface area contributed by atoms with Crippen LogP contribution in [0.25, 0.3) is 11.1 Å². The van der Waals surface area contributed by atoms with E-state index in [2.05, 4.69) is 12.1 Å². The maximum Gasteiger partial charge on any atom is 0.420 e. The van der Waals surface area contributed by atoms with Crippen LogP contribution in [0.4, 0.5) is 26.3 Å². The van der Waals surface area contributed by atoms with Crippen molar-refractivity contribution in [2.75, 3.05) is 0 Å². The molecule has 16 heteroatoms. The van der Waals surface area contributed by atoms with Crippen molar-refractivity contribution < 1.29 is 45.3 Å². The summed E-state index contributed by atoms with van der Waals surface area (Å²) in [5, 5.41) is 23.2. The fraction of sp³-hybridized carbons (Fsp3) is 0.183. The quantitative estimate of drug-likeness (QED) is 0.0961. The number of allylic oxidation sites excluding steroid dienone is 14. The lowest BCUT2D eigenvalue weighted by Crippen LogP contribution is -2.29. The minimum absolute atomic E-state index is 0.0514. The van der Waals surface area contributed by atoms with Gasteiger partial charge in [0, 0.05) is 52.2 Å². The largest absolute Gasteiger partial charge is 0.461 e. The minimum Gasteiger partial charge on any atom is -0.461 e. The van der Waals surface area contributed by atoms with E-state index < -0.39 is 76.0 Å². The Balaban J connectivity index is 1.71. The highest BCUT2D eigenvalue weighted by molar-refractivity contribution is 5.88. The second-order valence-corrected chi connectivity index (χ2v) is 21.5. The van der Waals surface area contributed by atoms with Crippen LogP contribution in [0.5, 0.6) is 23.0 Å². The van der Waals surface area contributed by atoms with Crippen LogP contribution in [-0.4, -0.2) is 12.4 Å². The number of halogens is 6. The van der Waals surface area contributed by atoms with Crippen LogP contribution in [0.2, 0.25) is 0 Å². The van der Waals surface area contributed by atoms with Crippen molar-refractivity contribution in [2.45, 2.75) is 80.6 Å². The molecule has 8 N–H and O–H groups in total. The van der Waals surface area contributed by atoms with E-state index in [1.165, 1.54) is 91.9 Å². The molecule has 0 amide bonds. The predicted molar refractivity (Wildman–Crippen MR) is 327 cm³/mol. The number of nitrogens with zero attached hydrogens (tertiary/aromatic N) is 2. The normalized spacial score (nSPS) is 22.7. The monoisotopic (exact) mass is 1180 g/mol. The van der Waals surface area contributed by atoms with Crippen LogP contribution in [0.3, 0.4) is 0 Å². The van der Waals surface area contributed by atoms with Gasteiger partial charge < -0.3 is 41.9 Å². The number of hydrogen-bond donors (Lipinski definition) is 4.